The van der Waals surface area contributed by atoms with Gasteiger partial charge in [-0.15, -0.1) is 0 Å². The molecule has 13 rings (SSSR count). The molecule has 0 fully saturated rings. The summed E-state index contributed by atoms with van der Waals surface area (Å²) in [4.78, 5) is 0. The van der Waals surface area contributed by atoms with E-state index in [2.05, 4.69) is 315 Å². The van der Waals surface area contributed by atoms with Crippen molar-refractivity contribution in [3.8, 4) is 33.4 Å². The predicted molar refractivity (Wildman–Crippen MR) is 339 cm³/mol. The van der Waals surface area contributed by atoms with Gasteiger partial charge in [-0.25, -0.2) is 0 Å². The third kappa shape index (κ3) is 12.0. The summed E-state index contributed by atoms with van der Waals surface area (Å²) in [7, 11) is 1.67. The zero-order chi connectivity index (χ0) is 51.5. The topological polar surface area (TPSA) is 0 Å². The summed E-state index contributed by atoms with van der Waals surface area (Å²) < 4.78 is 5.67. The molecule has 368 valence electrons. The van der Waals surface area contributed by atoms with E-state index in [0.717, 1.165) is 0 Å². The zero-order valence-electron chi connectivity index (χ0n) is 43.6. The fourth-order valence-corrected chi connectivity index (χ4v) is 10.5. The monoisotopic (exact) mass is 1240 g/mol. The Morgan fingerprint density at radius 3 is 0.805 bits per heavy atom. The molecule has 13 aromatic carbocycles. The van der Waals surface area contributed by atoms with Gasteiger partial charge in [-0.3, -0.25) is 0 Å². The van der Waals surface area contributed by atoms with Crippen molar-refractivity contribution in [2.24, 2.45) is 0 Å². The SMILES string of the molecule is C(=C(c1ccccc1)c1ccccc1)c1ccc(-c2ccc(C=C(c3ccccc3)c3ccccc3)cc2)cc1.[2H]P.[BiH2].[V].c1ccc2cc(-c3c4ccccc4c(-c4ccc5ccccc5c4)c4ccccc34)ccc2c1. The second-order valence-electron chi connectivity index (χ2n) is 18.8. The summed E-state index contributed by atoms with van der Waals surface area (Å²) in [5.41, 5.74) is 17.2. The van der Waals surface area contributed by atoms with E-state index in [1.54, 1.807) is 9.84 Å². The van der Waals surface area contributed by atoms with Gasteiger partial charge in [0.1, 0.15) is 0 Å². The first-order valence-corrected chi connectivity index (χ1v) is 25.5. The summed E-state index contributed by atoms with van der Waals surface area (Å²) in [6, 6.07) is 109. The molecule has 0 saturated carbocycles. The molecule has 0 bridgehead atoms. The van der Waals surface area contributed by atoms with Crippen LogP contribution >= 0.6 is 9.84 Å². The summed E-state index contributed by atoms with van der Waals surface area (Å²) in [6.07, 6.45) is 4.55. The molecule has 0 aliphatic rings. The second-order valence-corrected chi connectivity index (χ2v) is 18.8. The van der Waals surface area contributed by atoms with Crippen LogP contribution in [0.1, 0.15) is 33.4 Å². The molecule has 77 heavy (non-hydrogen) atoms. The molecule has 2 radical (unpaired) electrons. The van der Waals surface area contributed by atoms with Crippen LogP contribution in [0.25, 0.3) is 99.8 Å². The van der Waals surface area contributed by atoms with E-state index in [1.165, 1.54) is 121 Å². The largest absolute Gasteiger partial charge is 0.0616 e. The van der Waals surface area contributed by atoms with Gasteiger partial charge >= 0.3 is 26.2 Å². The number of hydrogen-bond acceptors (Lipinski definition) is 0. The van der Waals surface area contributed by atoms with Crippen molar-refractivity contribution in [2.75, 3.05) is 0 Å². The standard InChI is InChI=1S/C40H30.C34H22.Bi.H3P.V.2H/c1-5-13-35(14-6-1)39(36-15-7-2-8-16-36)29-31-21-25-33(26-22-31)34-27-23-32(24-28-34)30-40(37-17-9-3-10-18-37)38-19-11-4-12-20-38;1-3-11-25-21-27(19-17-23(25)9-1)33-29-13-5-7-15-31(29)34(32-16-8-6-14-30(32)33)28-20-18-24-10-2-4-12-26(24)22-28;;;;;/h1-30H;1-22H;;1H3;;;/i;;;1D;;;. The van der Waals surface area contributed by atoms with Crippen molar-refractivity contribution in [1.82, 2.24) is 0 Å². The Kier molecular flexibility index (Phi) is 17.4. The minimum absolute atomic E-state index is 0. The predicted octanol–water partition coefficient (Wildman–Crippen LogP) is 19.3. The molecular formula is C74H57BiPV. The van der Waals surface area contributed by atoms with Crippen LogP contribution in [0.2, 0.25) is 0 Å². The summed E-state index contributed by atoms with van der Waals surface area (Å²) in [5, 5.41) is 10.2. The average Bonchev–Trinajstić information content (AvgIpc) is 3.53. The number of benzene rings is 13. The molecule has 0 aromatic heterocycles. The van der Waals surface area contributed by atoms with Crippen LogP contribution in [0, 0.1) is 0 Å². The smallest absolute Gasteiger partial charge is 0 e. The number of hydrogen-bond donors (Lipinski definition) is 0. The summed E-state index contributed by atoms with van der Waals surface area (Å²) in [6.45, 7) is 0. The van der Waals surface area contributed by atoms with Crippen LogP contribution < -0.4 is 0 Å². The van der Waals surface area contributed by atoms with Crippen LogP contribution in [0.5, 0.6) is 0 Å². The van der Waals surface area contributed by atoms with Crippen molar-refractivity contribution in [3.05, 3.63) is 337 Å². The van der Waals surface area contributed by atoms with Crippen molar-refractivity contribution in [3.63, 3.8) is 0 Å². The van der Waals surface area contributed by atoms with Gasteiger partial charge in [0, 0.05) is 18.6 Å². The molecule has 0 aliphatic carbocycles. The van der Waals surface area contributed by atoms with Crippen LogP contribution in [0.4, 0.5) is 0 Å². The Morgan fingerprint density at radius 2 is 0.506 bits per heavy atom. The molecule has 13 aromatic rings. The molecule has 0 N–H and O–H groups in total. The summed E-state index contributed by atoms with van der Waals surface area (Å²) >= 11 is 0. The molecule has 0 heterocycles. The summed E-state index contributed by atoms with van der Waals surface area (Å²) in [5.74, 6) is 0. The Morgan fingerprint density at radius 1 is 0.260 bits per heavy atom. The van der Waals surface area contributed by atoms with Crippen molar-refractivity contribution < 1.29 is 18.6 Å². The molecule has 1 unspecified atom stereocenters. The maximum absolute atomic E-state index is 5.67. The normalized spacial score (nSPS) is 10.6. The van der Waals surface area contributed by atoms with E-state index in [-0.39, 0.29) is 44.8 Å². The molecule has 0 spiro atoms. The van der Waals surface area contributed by atoms with Gasteiger partial charge in [-0.2, -0.15) is 9.84 Å². The number of rotatable bonds is 9. The quantitative estimate of drug-likeness (QED) is 0.0585. The van der Waals surface area contributed by atoms with Gasteiger partial charge < -0.3 is 0 Å². The molecule has 0 aliphatic heterocycles. The molecule has 0 saturated heterocycles. The minimum atomic E-state index is 0. The second kappa shape index (κ2) is 25.4. The van der Waals surface area contributed by atoms with Gasteiger partial charge in [0.15, 0.2) is 0 Å². The minimum Gasteiger partial charge on any atom is -0.0616 e. The van der Waals surface area contributed by atoms with Gasteiger partial charge in [0.05, 0.1) is 1.28 Å². The first-order chi connectivity index (χ1) is 37.7. The van der Waals surface area contributed by atoms with E-state index in [9.17, 15) is 0 Å². The van der Waals surface area contributed by atoms with E-state index in [4.69, 9.17) is 1.28 Å². The van der Waals surface area contributed by atoms with Gasteiger partial charge in [-0.1, -0.05) is 291 Å². The van der Waals surface area contributed by atoms with Gasteiger partial charge in [0.25, 0.3) is 0 Å². The zero-order valence-corrected chi connectivity index (χ0v) is 49.7. The van der Waals surface area contributed by atoms with Crippen LogP contribution in [0.3, 0.4) is 0 Å². The Bertz CT molecular complexity index is 3730. The fourth-order valence-electron chi connectivity index (χ4n) is 10.5. The third-order valence-corrected chi connectivity index (χ3v) is 14.1. The van der Waals surface area contributed by atoms with Gasteiger partial charge in [-0.05, 0) is 145 Å². The van der Waals surface area contributed by atoms with Crippen molar-refractivity contribution in [1.29, 1.82) is 1.28 Å². The van der Waals surface area contributed by atoms with E-state index in [1.807, 2.05) is 0 Å². The van der Waals surface area contributed by atoms with Crippen LogP contribution in [-0.4, -0.2) is 27.5 Å². The van der Waals surface area contributed by atoms with Crippen molar-refractivity contribution in [2.45, 2.75) is 0 Å². The van der Waals surface area contributed by atoms with E-state index >= 15 is 0 Å². The molecule has 0 amide bonds. The maximum atomic E-state index is 5.67. The Balaban J connectivity index is 0.000000181. The number of fused-ring (bicyclic) bond motifs is 4. The Hall–Kier alpha value is -7.72. The molecule has 0 nitrogen and oxygen atoms in total. The molecular weight excluding hydrogens is 1180 g/mol. The average molecular weight is 1240 g/mol. The fraction of sp³-hybridized carbons (Fsp3) is 0. The third-order valence-electron chi connectivity index (χ3n) is 14.1. The molecule has 1 atom stereocenters. The van der Waals surface area contributed by atoms with Crippen LogP contribution in [-0.2, 0) is 18.6 Å². The first-order valence-electron chi connectivity index (χ1n) is 26.1. The van der Waals surface area contributed by atoms with E-state index in [0.29, 0.717) is 0 Å². The van der Waals surface area contributed by atoms with E-state index < -0.39 is 0 Å². The van der Waals surface area contributed by atoms with Crippen LogP contribution in [0.15, 0.2) is 303 Å². The first kappa shape index (κ1) is 52.7. The molecule has 3 heteroatoms. The van der Waals surface area contributed by atoms with Crippen molar-refractivity contribution >= 4 is 102 Å². The van der Waals surface area contributed by atoms with Gasteiger partial charge in [0.2, 0.25) is 0 Å². The Labute approximate surface area is 488 Å². The maximum Gasteiger partial charge on any atom is 0 e.